The Morgan fingerprint density at radius 3 is 2.26 bits per heavy atom. The summed E-state index contributed by atoms with van der Waals surface area (Å²) < 4.78 is 30.3. The summed E-state index contributed by atoms with van der Waals surface area (Å²) in [5.74, 6) is -6.64. The number of nitrogens with zero attached hydrogens (tertiary/aromatic N) is 3. The number of alkyl halides is 2. The number of hydrogen-bond donors (Lipinski definition) is 0. The highest BCUT2D eigenvalue weighted by Gasteiger charge is 2.54. The molecule has 1 fully saturated rings. The van der Waals surface area contributed by atoms with Crippen LogP contribution in [0.25, 0.3) is 0 Å². The summed E-state index contributed by atoms with van der Waals surface area (Å²) in [6.07, 6.45) is 0.131. The van der Waals surface area contributed by atoms with E-state index in [1.807, 2.05) is 0 Å². The Bertz CT molecular complexity index is 1370. The average molecular weight is 533 g/mol. The second-order valence-electron chi connectivity index (χ2n) is 10.8. The Kier molecular flexibility index (Phi) is 6.92. The highest BCUT2D eigenvalue weighted by atomic mass is 35.5. The van der Waals surface area contributed by atoms with E-state index >= 15 is 8.78 Å². The Labute approximate surface area is 230 Å². The maximum atomic E-state index is 15.1. The molecule has 1 saturated heterocycles. The van der Waals surface area contributed by atoms with E-state index in [1.54, 1.807) is 49.6 Å². The van der Waals surface area contributed by atoms with Crippen molar-refractivity contribution in [2.45, 2.75) is 35.5 Å². The topological polar surface area (TPSA) is 78.0 Å². The quantitative estimate of drug-likeness (QED) is 0.302. The molecule has 1 unspecified atom stereocenters. The van der Waals surface area contributed by atoms with Gasteiger partial charge in [-0.25, -0.2) is 0 Å². The number of halogens is 3. The highest BCUT2D eigenvalue weighted by Crippen LogP contribution is 2.40. The van der Waals surface area contributed by atoms with Gasteiger partial charge in [-0.15, -0.1) is 0 Å². The summed E-state index contributed by atoms with van der Waals surface area (Å²) in [5, 5.41) is -0.882. The van der Waals surface area contributed by atoms with Crippen molar-refractivity contribution in [2.75, 3.05) is 0 Å². The first-order valence-corrected chi connectivity index (χ1v) is 12.6. The molecule has 2 aromatic carbocycles. The molecule has 0 saturated carbocycles. The van der Waals surface area contributed by atoms with Gasteiger partial charge < -0.3 is 14.5 Å². The number of carbonyl (C=O) groups is 4. The first-order valence-electron chi connectivity index (χ1n) is 12.2. The molecule has 4 amide bonds. The van der Waals surface area contributed by atoms with Gasteiger partial charge in [0.05, 0.1) is 5.44 Å². The molecular formula is C22H24B6ClF2N3O4. The zero-order valence-corrected chi connectivity index (χ0v) is 22.9. The fourth-order valence-electron chi connectivity index (χ4n) is 5.16. The summed E-state index contributed by atoms with van der Waals surface area (Å²) >= 11 is 5.81. The first-order chi connectivity index (χ1) is 17.5. The van der Waals surface area contributed by atoms with Crippen molar-refractivity contribution in [3.05, 3.63) is 69.7 Å². The lowest BCUT2D eigenvalue weighted by molar-refractivity contribution is -0.155. The van der Waals surface area contributed by atoms with E-state index in [4.69, 9.17) is 11.6 Å². The van der Waals surface area contributed by atoms with Crippen molar-refractivity contribution in [3.8, 4) is 0 Å². The summed E-state index contributed by atoms with van der Waals surface area (Å²) in [7, 11) is 9.46. The van der Waals surface area contributed by atoms with Gasteiger partial charge in [0.15, 0.2) is 0 Å². The second kappa shape index (κ2) is 9.36. The van der Waals surface area contributed by atoms with Crippen LogP contribution < -0.4 is 0 Å². The van der Waals surface area contributed by atoms with Crippen LogP contribution in [0.3, 0.4) is 0 Å². The highest BCUT2D eigenvalue weighted by molar-refractivity contribution is 6.44. The lowest BCUT2D eigenvalue weighted by Crippen LogP contribution is -2.66. The number of piperidine rings is 1. The number of amides is 4. The molecular weight excluding hydrogens is 509 g/mol. The molecule has 38 heavy (non-hydrogen) atoms. The van der Waals surface area contributed by atoms with Crippen molar-refractivity contribution in [1.29, 1.82) is 0 Å². The molecule has 0 aliphatic carbocycles. The van der Waals surface area contributed by atoms with Crippen LogP contribution in [0.5, 0.6) is 0 Å². The molecule has 16 heteroatoms. The molecule has 4 rings (SSSR count). The van der Waals surface area contributed by atoms with E-state index in [1.165, 1.54) is 33.0 Å². The lowest BCUT2D eigenvalue weighted by atomic mass is 9.55. The Morgan fingerprint density at radius 1 is 1.08 bits per heavy atom. The van der Waals surface area contributed by atoms with Gasteiger partial charge >= 0.3 is 5.92 Å². The van der Waals surface area contributed by atoms with Crippen LogP contribution in [-0.2, 0) is 32.2 Å². The summed E-state index contributed by atoms with van der Waals surface area (Å²) in [6.45, 7) is 0.116. The monoisotopic (exact) mass is 533 g/mol. The van der Waals surface area contributed by atoms with Gasteiger partial charge in [-0.05, 0) is 40.5 Å². The second-order valence-corrected chi connectivity index (χ2v) is 11.2. The van der Waals surface area contributed by atoms with Crippen molar-refractivity contribution in [1.82, 2.24) is 14.5 Å². The fourth-order valence-corrected chi connectivity index (χ4v) is 5.29. The number of imide groups is 1. The first kappa shape index (κ1) is 28.1. The van der Waals surface area contributed by atoms with Gasteiger partial charge in [0.1, 0.15) is 31.4 Å². The average Bonchev–Trinajstić information content (AvgIpc) is 3.21. The Balaban J connectivity index is 1.63. The van der Waals surface area contributed by atoms with Crippen LogP contribution in [0.4, 0.5) is 8.78 Å². The molecule has 2 heterocycles. The SMILES string of the molecule is BC1CC(=O)N(B)C(=O)[C@@]1(B)N1Cc2cc(C(B)(B)N(B)C(=O)C(F)(F)c3ccc(Cl)cc3)ccc2C1=O. The number of hydrogen-bond acceptors (Lipinski definition) is 4. The van der Waals surface area contributed by atoms with Gasteiger partial charge in [-0.3, -0.25) is 19.2 Å². The maximum Gasteiger partial charge on any atom is 0.348 e. The molecule has 0 bridgehead atoms. The number of fused-ring (bicyclic) bond motifs is 1. The van der Waals surface area contributed by atoms with Crippen LogP contribution in [-0.4, -0.2) is 90.9 Å². The standard InChI is InChI=1S/C22H24B6ClF2N3O4/c23-15-8-16(35)33(27)18(37)20(15,24)32-9-10-7-12(3-6-14(10)17(32)36)22(25,26)34(28)19(38)21(30,31)11-1-4-13(29)5-2-11/h1-7,15H,8-9,23-28H2/t15?,20-/m0/s1. The third kappa shape index (κ3) is 4.19. The van der Waals surface area contributed by atoms with E-state index in [-0.39, 0.29) is 29.8 Å². The van der Waals surface area contributed by atoms with Crippen molar-refractivity contribution in [2.24, 2.45) is 0 Å². The van der Waals surface area contributed by atoms with Crippen LogP contribution >= 0.6 is 11.6 Å². The zero-order chi connectivity index (χ0) is 28.4. The van der Waals surface area contributed by atoms with Crippen LogP contribution in [0, 0.1) is 0 Å². The predicted molar refractivity (Wildman–Crippen MR) is 154 cm³/mol. The largest absolute Gasteiger partial charge is 0.393 e. The summed E-state index contributed by atoms with van der Waals surface area (Å²) in [6, 6.07) is 9.80. The van der Waals surface area contributed by atoms with E-state index in [0.29, 0.717) is 16.7 Å². The lowest BCUT2D eigenvalue weighted by Gasteiger charge is -2.47. The molecule has 0 radical (unpaired) electrons. The molecule has 0 spiro atoms. The molecule has 2 aromatic rings. The third-order valence-electron chi connectivity index (χ3n) is 8.35. The van der Waals surface area contributed by atoms with E-state index in [9.17, 15) is 19.2 Å². The molecule has 2 atom stereocenters. The van der Waals surface area contributed by atoms with Crippen LogP contribution in [0.2, 0.25) is 10.8 Å². The van der Waals surface area contributed by atoms with Gasteiger partial charge in [0.25, 0.3) is 11.8 Å². The summed E-state index contributed by atoms with van der Waals surface area (Å²) in [5.41, 5.74) is -0.124. The van der Waals surface area contributed by atoms with Gasteiger partial charge in [-0.2, -0.15) is 8.78 Å². The Hall–Kier alpha value is -2.94. The van der Waals surface area contributed by atoms with Crippen LogP contribution in [0.1, 0.15) is 33.5 Å². The number of carbonyl (C=O) groups excluding carboxylic acids is 4. The smallest absolute Gasteiger partial charge is 0.348 e. The minimum atomic E-state index is -3.78. The van der Waals surface area contributed by atoms with Crippen molar-refractivity contribution >= 4 is 82.6 Å². The molecule has 0 aromatic heterocycles. The number of benzene rings is 2. The Morgan fingerprint density at radius 2 is 1.66 bits per heavy atom. The predicted octanol–water partition coefficient (Wildman–Crippen LogP) is -3.10. The van der Waals surface area contributed by atoms with Gasteiger partial charge in [0.2, 0.25) is 27.8 Å². The van der Waals surface area contributed by atoms with Crippen LogP contribution in [0.15, 0.2) is 42.5 Å². The third-order valence-corrected chi connectivity index (χ3v) is 8.60. The van der Waals surface area contributed by atoms with Crippen molar-refractivity contribution in [3.63, 3.8) is 0 Å². The van der Waals surface area contributed by atoms with E-state index in [2.05, 4.69) is 0 Å². The molecule has 7 nitrogen and oxygen atoms in total. The maximum absolute atomic E-state index is 15.1. The van der Waals surface area contributed by atoms with Crippen molar-refractivity contribution < 1.29 is 28.0 Å². The summed E-state index contributed by atoms with van der Waals surface area (Å²) in [4.78, 5) is 55.3. The molecule has 190 valence electrons. The molecule has 2 aliphatic heterocycles. The van der Waals surface area contributed by atoms with Gasteiger partial charge in [-0.1, -0.05) is 35.9 Å². The number of rotatable bonds is 5. The minimum absolute atomic E-state index is 0.116. The normalized spacial score (nSPS) is 22.0. The molecule has 0 N–H and O–H groups in total. The molecule has 2 aliphatic rings. The van der Waals surface area contributed by atoms with Gasteiger partial charge in [0, 0.05) is 29.1 Å². The fraction of sp³-hybridized carbons (Fsp3) is 0.273. The van der Waals surface area contributed by atoms with E-state index < -0.39 is 39.9 Å². The minimum Gasteiger partial charge on any atom is -0.393 e. The van der Waals surface area contributed by atoms with E-state index in [0.717, 1.165) is 21.8 Å². The zero-order valence-electron chi connectivity index (χ0n) is 22.1.